The van der Waals surface area contributed by atoms with E-state index in [1.54, 1.807) is 0 Å². The highest BCUT2D eigenvalue weighted by Crippen LogP contribution is 2.75. The lowest BCUT2D eigenvalue weighted by atomic mass is 9.74. The summed E-state index contributed by atoms with van der Waals surface area (Å²) in [5.74, 6) is 1.93. The van der Waals surface area contributed by atoms with Gasteiger partial charge >= 0.3 is 0 Å². The van der Waals surface area contributed by atoms with Gasteiger partial charge in [-0.25, -0.2) is 0 Å². The Morgan fingerprint density at radius 3 is 2.59 bits per heavy atom. The monoisotopic (exact) mass is 237 g/mol. The zero-order chi connectivity index (χ0) is 12.7. The number of rotatable bonds is 4. The van der Waals surface area contributed by atoms with E-state index in [-0.39, 0.29) is 0 Å². The lowest BCUT2D eigenvalue weighted by Gasteiger charge is -2.32. The van der Waals surface area contributed by atoms with Crippen molar-refractivity contribution < 1.29 is 0 Å². The van der Waals surface area contributed by atoms with Gasteiger partial charge in [-0.2, -0.15) is 0 Å². The van der Waals surface area contributed by atoms with Gasteiger partial charge in [0.05, 0.1) is 0 Å². The fraction of sp³-hybridized carbons (Fsp3) is 1.00. The summed E-state index contributed by atoms with van der Waals surface area (Å²) in [6.07, 6.45) is 7.34. The van der Waals surface area contributed by atoms with Crippen molar-refractivity contribution in [2.24, 2.45) is 22.7 Å². The minimum absolute atomic E-state index is 0.586. The molecule has 0 aromatic carbocycles. The first kappa shape index (κ1) is 13.4. The Bertz CT molecular complexity index is 269. The molecule has 0 heterocycles. The number of hydrogen-bond acceptors (Lipinski definition) is 1. The molecule has 2 rings (SSSR count). The summed E-state index contributed by atoms with van der Waals surface area (Å²) in [6.45, 7) is 13.2. The van der Waals surface area contributed by atoms with Crippen molar-refractivity contribution in [1.29, 1.82) is 0 Å². The lowest BCUT2D eigenvalue weighted by molar-refractivity contribution is 0.193. The molecule has 1 nitrogen and oxygen atoms in total. The average Bonchev–Trinajstić information content (AvgIpc) is 2.71. The van der Waals surface area contributed by atoms with Gasteiger partial charge in [-0.1, -0.05) is 53.9 Å². The maximum atomic E-state index is 3.67. The minimum Gasteiger partial charge on any atom is -0.314 e. The summed E-state index contributed by atoms with van der Waals surface area (Å²) in [6, 6.07) is 0.633. The first-order valence-corrected chi connectivity index (χ1v) is 7.67. The second-order valence-electron chi connectivity index (χ2n) is 7.36. The molecule has 100 valence electrons. The molecular formula is C16H31N. The third-order valence-electron chi connectivity index (χ3n) is 5.93. The van der Waals surface area contributed by atoms with Crippen LogP contribution in [0.4, 0.5) is 0 Å². The molecule has 0 aliphatic heterocycles. The Balaban J connectivity index is 2.00. The number of hydrogen-bond donors (Lipinski definition) is 1. The Hall–Kier alpha value is -0.0400. The maximum Gasteiger partial charge on any atom is 0.00105 e. The highest BCUT2D eigenvalue weighted by Gasteiger charge is 2.69. The number of nitrogens with one attached hydrogen (secondary N) is 1. The van der Waals surface area contributed by atoms with E-state index < -0.39 is 0 Å². The van der Waals surface area contributed by atoms with Crippen LogP contribution < -0.4 is 5.32 Å². The van der Waals surface area contributed by atoms with E-state index in [4.69, 9.17) is 0 Å². The lowest BCUT2D eigenvalue weighted by Crippen LogP contribution is -2.28. The minimum atomic E-state index is 0.586. The van der Waals surface area contributed by atoms with Crippen LogP contribution in [0.25, 0.3) is 0 Å². The fourth-order valence-corrected chi connectivity index (χ4v) is 4.54. The molecule has 0 radical (unpaired) electrons. The Kier molecular flexibility index (Phi) is 3.60. The molecule has 3 unspecified atom stereocenters. The van der Waals surface area contributed by atoms with Crippen molar-refractivity contribution in [2.45, 2.75) is 72.8 Å². The van der Waals surface area contributed by atoms with Gasteiger partial charge in [0.15, 0.2) is 0 Å². The van der Waals surface area contributed by atoms with Crippen molar-refractivity contribution in [3.8, 4) is 0 Å². The summed E-state index contributed by atoms with van der Waals surface area (Å²) in [4.78, 5) is 0. The molecule has 0 saturated heterocycles. The largest absolute Gasteiger partial charge is 0.314 e. The van der Waals surface area contributed by atoms with Crippen LogP contribution in [0.15, 0.2) is 0 Å². The smallest absolute Gasteiger partial charge is 0.00105 e. The van der Waals surface area contributed by atoms with Crippen LogP contribution in [-0.4, -0.2) is 12.6 Å². The highest BCUT2D eigenvalue weighted by atomic mass is 14.9. The van der Waals surface area contributed by atoms with E-state index >= 15 is 0 Å². The quantitative estimate of drug-likeness (QED) is 0.771. The summed E-state index contributed by atoms with van der Waals surface area (Å²) < 4.78 is 0. The molecule has 0 aromatic rings. The van der Waals surface area contributed by atoms with Crippen LogP contribution in [-0.2, 0) is 0 Å². The molecule has 2 aliphatic rings. The summed E-state index contributed by atoms with van der Waals surface area (Å²) in [7, 11) is 0. The predicted molar refractivity (Wildman–Crippen MR) is 75.1 cm³/mol. The molecular weight excluding hydrogens is 206 g/mol. The van der Waals surface area contributed by atoms with Crippen LogP contribution in [0.2, 0.25) is 0 Å². The Labute approximate surface area is 108 Å². The zero-order valence-corrected chi connectivity index (χ0v) is 12.5. The second kappa shape index (κ2) is 4.57. The topological polar surface area (TPSA) is 12.0 Å². The van der Waals surface area contributed by atoms with Crippen molar-refractivity contribution in [2.75, 3.05) is 6.54 Å². The fourth-order valence-electron chi connectivity index (χ4n) is 4.54. The van der Waals surface area contributed by atoms with E-state index in [0.717, 1.165) is 11.8 Å². The van der Waals surface area contributed by atoms with Gasteiger partial charge in [-0.15, -0.1) is 0 Å². The first-order valence-electron chi connectivity index (χ1n) is 7.67. The van der Waals surface area contributed by atoms with Gasteiger partial charge in [0.25, 0.3) is 0 Å². The molecule has 1 spiro atoms. The molecule has 0 aromatic heterocycles. The average molecular weight is 237 g/mol. The summed E-state index contributed by atoms with van der Waals surface area (Å²) >= 11 is 0. The van der Waals surface area contributed by atoms with Gasteiger partial charge in [0, 0.05) is 6.04 Å². The van der Waals surface area contributed by atoms with E-state index in [1.807, 2.05) is 0 Å². The molecule has 0 amide bonds. The van der Waals surface area contributed by atoms with E-state index in [9.17, 15) is 0 Å². The van der Waals surface area contributed by atoms with Gasteiger partial charge < -0.3 is 5.32 Å². The van der Waals surface area contributed by atoms with Gasteiger partial charge in [0.2, 0.25) is 0 Å². The molecule has 2 aliphatic carbocycles. The van der Waals surface area contributed by atoms with Crippen molar-refractivity contribution in [3.63, 3.8) is 0 Å². The van der Waals surface area contributed by atoms with Crippen LogP contribution in [0.3, 0.4) is 0 Å². The third kappa shape index (κ3) is 2.16. The Morgan fingerprint density at radius 2 is 2.00 bits per heavy atom. The zero-order valence-electron chi connectivity index (χ0n) is 12.5. The molecule has 1 N–H and O–H groups in total. The van der Waals surface area contributed by atoms with Gasteiger partial charge in [-0.05, 0) is 42.1 Å². The molecule has 17 heavy (non-hydrogen) atoms. The van der Waals surface area contributed by atoms with Crippen molar-refractivity contribution >= 4 is 0 Å². The maximum absolute atomic E-state index is 3.67. The SMILES string of the molecule is CCC1CCCC2(C1)C(CNC(C)C)C2(C)C. The standard InChI is InChI=1S/C16H31N/c1-6-13-8-7-9-16(10-13)14(15(16,4)5)11-17-12(2)3/h12-14,17H,6-11H2,1-5H3. The van der Waals surface area contributed by atoms with E-state index in [0.29, 0.717) is 16.9 Å². The van der Waals surface area contributed by atoms with Gasteiger partial charge in [0.1, 0.15) is 0 Å². The normalized spacial score (nSPS) is 39.9. The van der Waals surface area contributed by atoms with Crippen LogP contribution >= 0.6 is 0 Å². The van der Waals surface area contributed by atoms with Crippen molar-refractivity contribution in [1.82, 2.24) is 5.32 Å². The molecule has 2 saturated carbocycles. The van der Waals surface area contributed by atoms with Crippen LogP contribution in [0, 0.1) is 22.7 Å². The van der Waals surface area contributed by atoms with E-state index in [1.165, 1.54) is 38.6 Å². The van der Waals surface area contributed by atoms with Crippen LogP contribution in [0.1, 0.15) is 66.7 Å². The molecule has 0 bridgehead atoms. The van der Waals surface area contributed by atoms with Gasteiger partial charge in [-0.3, -0.25) is 0 Å². The van der Waals surface area contributed by atoms with E-state index in [2.05, 4.69) is 39.9 Å². The molecule has 2 fully saturated rings. The molecule has 3 atom stereocenters. The predicted octanol–water partition coefficient (Wildman–Crippen LogP) is 4.23. The third-order valence-corrected chi connectivity index (χ3v) is 5.93. The second-order valence-corrected chi connectivity index (χ2v) is 7.36. The summed E-state index contributed by atoms with van der Waals surface area (Å²) in [5.41, 5.74) is 1.27. The highest BCUT2D eigenvalue weighted by molar-refractivity contribution is 5.18. The van der Waals surface area contributed by atoms with Crippen LogP contribution in [0.5, 0.6) is 0 Å². The first-order chi connectivity index (χ1) is 7.94. The molecule has 1 heteroatoms. The Morgan fingerprint density at radius 1 is 1.29 bits per heavy atom. The summed E-state index contributed by atoms with van der Waals surface area (Å²) in [5, 5.41) is 3.67. The van der Waals surface area contributed by atoms with Crippen molar-refractivity contribution in [3.05, 3.63) is 0 Å².